The number of likely N-dealkylation sites (N-methyl/N-ethyl adjacent to an activating group) is 1. The monoisotopic (exact) mass is 424 g/mol. The van der Waals surface area contributed by atoms with Crippen molar-refractivity contribution in [1.82, 2.24) is 4.90 Å². The first-order valence-corrected chi connectivity index (χ1v) is 10.8. The van der Waals surface area contributed by atoms with Gasteiger partial charge in [0, 0.05) is 12.6 Å². The summed E-state index contributed by atoms with van der Waals surface area (Å²) in [6, 6.07) is 16.6. The van der Waals surface area contributed by atoms with E-state index in [1.54, 1.807) is 21.3 Å². The summed E-state index contributed by atoms with van der Waals surface area (Å²) in [6.45, 7) is 6.12. The van der Waals surface area contributed by atoms with Gasteiger partial charge in [0.25, 0.3) is 0 Å². The summed E-state index contributed by atoms with van der Waals surface area (Å²) in [5, 5.41) is 10.2. The highest BCUT2D eigenvalue weighted by atomic mass is 16.5. The molecule has 0 N–H and O–H groups in total. The number of methoxy groups -OCH3 is 3. The molecular formula is C26H36N2O3. The first-order chi connectivity index (χ1) is 14.9. The molecule has 0 fully saturated rings. The fourth-order valence-electron chi connectivity index (χ4n) is 3.97. The van der Waals surface area contributed by atoms with Gasteiger partial charge >= 0.3 is 0 Å². The van der Waals surface area contributed by atoms with E-state index < -0.39 is 5.41 Å². The smallest absolute Gasteiger partial charge is 0.122 e. The molecule has 0 saturated heterocycles. The zero-order chi connectivity index (χ0) is 22.9. The zero-order valence-electron chi connectivity index (χ0n) is 19.8. The number of benzene rings is 2. The maximum Gasteiger partial charge on any atom is 0.122 e. The topological polar surface area (TPSA) is 54.7 Å². The minimum atomic E-state index is -0.588. The molecule has 1 atom stereocenters. The van der Waals surface area contributed by atoms with Gasteiger partial charge in [-0.3, -0.25) is 0 Å². The van der Waals surface area contributed by atoms with Crippen LogP contribution in [0.5, 0.6) is 17.2 Å². The molecule has 31 heavy (non-hydrogen) atoms. The Kier molecular flexibility index (Phi) is 9.21. The highest BCUT2D eigenvalue weighted by Crippen LogP contribution is 2.40. The van der Waals surface area contributed by atoms with Crippen LogP contribution in [0.15, 0.2) is 42.5 Å². The lowest BCUT2D eigenvalue weighted by Gasteiger charge is -2.32. The number of hydrogen-bond donors (Lipinski definition) is 0. The normalized spacial score (nSPS) is 13.0. The second-order valence-corrected chi connectivity index (χ2v) is 8.35. The van der Waals surface area contributed by atoms with E-state index in [9.17, 15) is 5.26 Å². The minimum absolute atomic E-state index is 0.163. The van der Waals surface area contributed by atoms with Crippen LogP contribution in [0.4, 0.5) is 0 Å². The Balaban J connectivity index is 2.04. The number of rotatable bonds is 12. The maximum absolute atomic E-state index is 10.2. The average molecular weight is 425 g/mol. The molecule has 168 valence electrons. The van der Waals surface area contributed by atoms with Crippen LogP contribution in [0.25, 0.3) is 0 Å². The van der Waals surface area contributed by atoms with E-state index in [-0.39, 0.29) is 5.92 Å². The van der Waals surface area contributed by atoms with Crippen LogP contribution < -0.4 is 14.2 Å². The van der Waals surface area contributed by atoms with Gasteiger partial charge in [-0.2, -0.15) is 5.26 Å². The second kappa shape index (κ2) is 11.6. The molecule has 5 heteroatoms. The van der Waals surface area contributed by atoms with E-state index in [4.69, 9.17) is 14.2 Å². The van der Waals surface area contributed by atoms with Gasteiger partial charge in [-0.15, -0.1) is 0 Å². The van der Waals surface area contributed by atoms with E-state index in [0.29, 0.717) is 11.5 Å². The first-order valence-electron chi connectivity index (χ1n) is 10.8. The molecule has 0 spiro atoms. The van der Waals surface area contributed by atoms with Crippen molar-refractivity contribution in [3.05, 3.63) is 53.6 Å². The van der Waals surface area contributed by atoms with E-state index in [0.717, 1.165) is 43.7 Å². The summed E-state index contributed by atoms with van der Waals surface area (Å²) in [5.41, 5.74) is 1.64. The van der Waals surface area contributed by atoms with Crippen molar-refractivity contribution >= 4 is 0 Å². The Morgan fingerprint density at radius 3 is 2.13 bits per heavy atom. The Morgan fingerprint density at radius 1 is 0.935 bits per heavy atom. The molecule has 2 aromatic rings. The molecular weight excluding hydrogens is 388 g/mol. The number of hydrogen-bond acceptors (Lipinski definition) is 5. The number of nitriles is 1. The molecule has 0 heterocycles. The lowest BCUT2D eigenvalue weighted by Crippen LogP contribution is -2.32. The van der Waals surface area contributed by atoms with Crippen LogP contribution in [0.3, 0.4) is 0 Å². The molecule has 0 amide bonds. The highest BCUT2D eigenvalue weighted by molar-refractivity contribution is 5.45. The Morgan fingerprint density at radius 2 is 1.58 bits per heavy atom. The first kappa shape index (κ1) is 24.6. The molecule has 0 aromatic heterocycles. The Labute approximate surface area is 187 Å². The van der Waals surface area contributed by atoms with Crippen LogP contribution >= 0.6 is 0 Å². The lowest BCUT2D eigenvalue weighted by atomic mass is 9.69. The third-order valence-corrected chi connectivity index (χ3v) is 6.08. The van der Waals surface area contributed by atoms with Crippen LogP contribution in [0, 0.1) is 17.2 Å². The van der Waals surface area contributed by atoms with Crippen LogP contribution in [0.1, 0.15) is 37.8 Å². The van der Waals surface area contributed by atoms with Gasteiger partial charge in [-0.25, -0.2) is 0 Å². The molecule has 0 unspecified atom stereocenters. The van der Waals surface area contributed by atoms with Crippen molar-refractivity contribution in [1.29, 1.82) is 5.26 Å². The van der Waals surface area contributed by atoms with E-state index >= 15 is 0 Å². The van der Waals surface area contributed by atoms with Crippen LogP contribution in [-0.2, 0) is 11.8 Å². The van der Waals surface area contributed by atoms with Gasteiger partial charge in [0.05, 0.1) is 32.8 Å². The van der Waals surface area contributed by atoms with E-state index in [2.05, 4.69) is 44.0 Å². The zero-order valence-corrected chi connectivity index (χ0v) is 19.8. The van der Waals surface area contributed by atoms with Crippen molar-refractivity contribution in [3.63, 3.8) is 0 Å². The highest BCUT2D eigenvalue weighted by Gasteiger charge is 2.36. The summed E-state index contributed by atoms with van der Waals surface area (Å²) in [4.78, 5) is 2.33. The molecule has 2 aromatic carbocycles. The summed E-state index contributed by atoms with van der Waals surface area (Å²) < 4.78 is 16.2. The van der Waals surface area contributed by atoms with Gasteiger partial charge in [0.2, 0.25) is 0 Å². The number of ether oxygens (including phenoxy) is 3. The van der Waals surface area contributed by atoms with Gasteiger partial charge in [0.1, 0.15) is 17.2 Å². The van der Waals surface area contributed by atoms with Crippen molar-refractivity contribution in [3.8, 4) is 23.3 Å². The summed E-state index contributed by atoms with van der Waals surface area (Å²) in [5.74, 6) is 2.48. The van der Waals surface area contributed by atoms with Gasteiger partial charge in [0.15, 0.2) is 0 Å². The SMILES string of the molecule is COc1cccc(CCN(C)CCC[C@@](C#N)(c2cc(OC)cc(OC)c2)C(C)C)c1. The van der Waals surface area contributed by atoms with Gasteiger partial charge < -0.3 is 19.1 Å². The van der Waals surface area contributed by atoms with E-state index in [1.165, 1.54) is 5.56 Å². The van der Waals surface area contributed by atoms with Crippen molar-refractivity contribution < 1.29 is 14.2 Å². The van der Waals surface area contributed by atoms with Crippen LogP contribution in [0.2, 0.25) is 0 Å². The Hall–Kier alpha value is -2.71. The van der Waals surface area contributed by atoms with Gasteiger partial charge in [-0.05, 0) is 74.2 Å². The second-order valence-electron chi connectivity index (χ2n) is 8.35. The Bertz CT molecular complexity index is 853. The molecule has 0 aliphatic rings. The standard InChI is InChI=1S/C26H36N2O3/c1-20(2)26(19-27,22-16-24(30-5)18-25(17-22)31-6)12-8-13-28(3)14-11-21-9-7-10-23(15-21)29-4/h7,9-10,15-18,20H,8,11-14H2,1-6H3/t26-/m0/s1. The fourth-order valence-corrected chi connectivity index (χ4v) is 3.97. The molecule has 0 saturated carbocycles. The molecule has 5 nitrogen and oxygen atoms in total. The van der Waals surface area contributed by atoms with Gasteiger partial charge in [-0.1, -0.05) is 26.0 Å². The average Bonchev–Trinajstić information content (AvgIpc) is 2.80. The molecule has 0 aliphatic heterocycles. The number of nitrogens with zero attached hydrogens (tertiary/aromatic N) is 2. The van der Waals surface area contributed by atoms with Crippen LogP contribution in [-0.4, -0.2) is 46.4 Å². The fraction of sp³-hybridized carbons (Fsp3) is 0.500. The minimum Gasteiger partial charge on any atom is -0.497 e. The predicted octanol–water partition coefficient (Wildman–Crippen LogP) is 5.08. The summed E-state index contributed by atoms with van der Waals surface area (Å²) >= 11 is 0. The van der Waals surface area contributed by atoms with Crippen molar-refractivity contribution in [2.45, 2.75) is 38.5 Å². The van der Waals surface area contributed by atoms with E-state index in [1.807, 2.05) is 30.3 Å². The summed E-state index contributed by atoms with van der Waals surface area (Å²) in [7, 11) is 7.11. The molecule has 0 bridgehead atoms. The van der Waals surface area contributed by atoms with Crippen molar-refractivity contribution in [2.75, 3.05) is 41.5 Å². The van der Waals surface area contributed by atoms with Crippen molar-refractivity contribution in [2.24, 2.45) is 5.92 Å². The molecule has 0 radical (unpaired) electrons. The third kappa shape index (κ3) is 6.38. The quantitative estimate of drug-likeness (QED) is 0.475. The summed E-state index contributed by atoms with van der Waals surface area (Å²) in [6.07, 6.45) is 2.68. The largest absolute Gasteiger partial charge is 0.497 e. The predicted molar refractivity (Wildman–Crippen MR) is 125 cm³/mol. The molecule has 0 aliphatic carbocycles. The third-order valence-electron chi connectivity index (χ3n) is 6.08. The maximum atomic E-state index is 10.2. The lowest BCUT2D eigenvalue weighted by molar-refractivity contribution is 0.292. The molecule has 2 rings (SSSR count).